The van der Waals surface area contributed by atoms with Gasteiger partial charge < -0.3 is 4.43 Å². The molecule has 1 aromatic carbocycles. The average molecular weight is 326 g/mol. The lowest BCUT2D eigenvalue weighted by atomic mass is 9.90. The van der Waals surface area contributed by atoms with Crippen molar-refractivity contribution in [3.8, 4) is 0 Å². The molecule has 1 aromatic rings. The third-order valence-electron chi connectivity index (χ3n) is 4.08. The summed E-state index contributed by atoms with van der Waals surface area (Å²) in [7, 11) is 0.527. The van der Waals surface area contributed by atoms with Gasteiger partial charge in [-0.1, -0.05) is 13.8 Å². The molecule has 0 radical (unpaired) electrons. The topological polar surface area (TPSA) is 9.23 Å². The van der Waals surface area contributed by atoms with E-state index in [4.69, 9.17) is 4.43 Å². The molecule has 7 heteroatoms. The summed E-state index contributed by atoms with van der Waals surface area (Å²) >= 11 is 0. The Morgan fingerprint density at radius 2 is 1.29 bits per heavy atom. The van der Waals surface area contributed by atoms with E-state index in [1.165, 1.54) is 0 Å². The Kier molecular flexibility index (Phi) is 6.34. The highest BCUT2D eigenvalue weighted by Gasteiger charge is 2.27. The van der Waals surface area contributed by atoms with Crippen LogP contribution in [0.15, 0.2) is 0 Å². The van der Waals surface area contributed by atoms with Crippen molar-refractivity contribution in [2.75, 3.05) is 0 Å². The molecule has 0 heterocycles. The van der Waals surface area contributed by atoms with Crippen molar-refractivity contribution in [1.82, 2.24) is 0 Å². The maximum Gasteiger partial charge on any atom is 0.200 e. The van der Waals surface area contributed by atoms with Gasteiger partial charge in [-0.3, -0.25) is 0 Å². The van der Waals surface area contributed by atoms with Crippen LogP contribution in [-0.2, 0) is 10.8 Å². The summed E-state index contributed by atoms with van der Waals surface area (Å²) in [6, 6.07) is 0. The zero-order chi connectivity index (χ0) is 16.2. The Morgan fingerprint density at radius 3 is 1.67 bits per heavy atom. The van der Waals surface area contributed by atoms with Gasteiger partial charge in [-0.25, -0.2) is 22.0 Å². The SMILES string of the molecule is CCC(CC)(CCCc1c(F)c(F)c(F)c(F)c1F)O[SiH3]. The third-order valence-corrected chi connectivity index (χ3v) is 4.95. The first-order valence-electron chi connectivity index (χ1n) is 6.89. The van der Waals surface area contributed by atoms with E-state index in [2.05, 4.69) is 0 Å². The number of hydrogen-bond acceptors (Lipinski definition) is 1. The minimum absolute atomic E-state index is 0.210. The second kappa shape index (κ2) is 7.35. The first-order valence-corrected chi connectivity index (χ1v) is 7.70. The van der Waals surface area contributed by atoms with Gasteiger partial charge in [0.2, 0.25) is 5.82 Å². The zero-order valence-electron chi connectivity index (χ0n) is 12.3. The van der Waals surface area contributed by atoms with E-state index in [-0.39, 0.29) is 12.0 Å². The van der Waals surface area contributed by atoms with Crippen molar-refractivity contribution in [2.45, 2.75) is 51.6 Å². The van der Waals surface area contributed by atoms with Crippen molar-refractivity contribution in [3.05, 3.63) is 34.6 Å². The predicted molar refractivity (Wildman–Crippen MR) is 73.5 cm³/mol. The Balaban J connectivity index is 2.91. The normalized spacial score (nSPS) is 12.1. The fourth-order valence-corrected chi connectivity index (χ4v) is 3.23. The van der Waals surface area contributed by atoms with Crippen LogP contribution < -0.4 is 0 Å². The van der Waals surface area contributed by atoms with E-state index < -0.39 is 34.6 Å². The molecule has 0 aliphatic rings. The Labute approximate surface area is 124 Å². The molecule has 0 spiro atoms. The molecule has 0 aromatic heterocycles. The van der Waals surface area contributed by atoms with Crippen LogP contribution in [-0.4, -0.2) is 16.1 Å². The molecule has 0 amide bonds. The first kappa shape index (κ1) is 18.1. The van der Waals surface area contributed by atoms with E-state index in [1.807, 2.05) is 13.8 Å². The summed E-state index contributed by atoms with van der Waals surface area (Å²) < 4.78 is 71.7. The van der Waals surface area contributed by atoms with Crippen molar-refractivity contribution < 1.29 is 26.4 Å². The van der Waals surface area contributed by atoms with Crippen molar-refractivity contribution in [1.29, 1.82) is 0 Å². The number of rotatable bonds is 7. The molecule has 0 bridgehead atoms. The summed E-state index contributed by atoms with van der Waals surface area (Å²) in [5.74, 6) is -9.37. The van der Waals surface area contributed by atoms with Gasteiger partial charge in [-0.15, -0.1) is 0 Å². The van der Waals surface area contributed by atoms with Crippen LogP contribution in [0.5, 0.6) is 0 Å². The minimum atomic E-state index is -2.12. The molecule has 21 heavy (non-hydrogen) atoms. The molecule has 0 aliphatic heterocycles. The highest BCUT2D eigenvalue weighted by molar-refractivity contribution is 5.98. The van der Waals surface area contributed by atoms with Crippen LogP contribution >= 0.6 is 0 Å². The largest absolute Gasteiger partial charge is 0.422 e. The standard InChI is InChI=1S/C14H19F5OSi/c1-3-14(4-2,20-21)7-5-6-8-9(15)11(17)13(19)12(18)10(8)16/h3-7H2,1-2,21H3. The van der Waals surface area contributed by atoms with Crippen LogP contribution in [0.3, 0.4) is 0 Å². The lowest BCUT2D eigenvalue weighted by molar-refractivity contribution is 0.0590. The van der Waals surface area contributed by atoms with E-state index in [1.54, 1.807) is 0 Å². The molecule has 0 saturated carbocycles. The predicted octanol–water partition coefficient (Wildman–Crippen LogP) is 3.56. The van der Waals surface area contributed by atoms with Crippen LogP contribution in [0, 0.1) is 29.1 Å². The van der Waals surface area contributed by atoms with Crippen LogP contribution in [0.1, 0.15) is 45.1 Å². The fraction of sp³-hybridized carbons (Fsp3) is 0.571. The average Bonchev–Trinajstić information content (AvgIpc) is 2.51. The van der Waals surface area contributed by atoms with E-state index in [0.29, 0.717) is 23.3 Å². The second-order valence-corrected chi connectivity index (χ2v) is 5.40. The zero-order valence-corrected chi connectivity index (χ0v) is 14.3. The van der Waals surface area contributed by atoms with Crippen molar-refractivity contribution in [3.63, 3.8) is 0 Å². The summed E-state index contributed by atoms with van der Waals surface area (Å²) in [5.41, 5.74) is -1.11. The molecule has 0 fully saturated rings. The van der Waals surface area contributed by atoms with Gasteiger partial charge in [0.05, 0.1) is 5.60 Å². The molecular weight excluding hydrogens is 307 g/mol. The van der Waals surface area contributed by atoms with Gasteiger partial charge in [0.15, 0.2) is 23.3 Å². The Morgan fingerprint density at radius 1 is 0.857 bits per heavy atom. The summed E-state index contributed by atoms with van der Waals surface area (Å²) in [6.45, 7) is 3.89. The van der Waals surface area contributed by atoms with Gasteiger partial charge in [-0.2, -0.15) is 0 Å². The first-order chi connectivity index (χ1) is 9.83. The molecule has 0 saturated heterocycles. The monoisotopic (exact) mass is 326 g/mol. The molecular formula is C14H19F5OSi. The maximum atomic E-state index is 13.5. The highest BCUT2D eigenvalue weighted by atomic mass is 28.2. The van der Waals surface area contributed by atoms with Crippen molar-refractivity contribution in [2.24, 2.45) is 0 Å². The van der Waals surface area contributed by atoms with Gasteiger partial charge >= 0.3 is 0 Å². The molecule has 120 valence electrons. The lowest BCUT2D eigenvalue weighted by Crippen LogP contribution is -2.30. The molecule has 0 unspecified atom stereocenters. The summed E-state index contributed by atoms with van der Waals surface area (Å²) in [4.78, 5) is 0. The minimum Gasteiger partial charge on any atom is -0.422 e. The Bertz CT molecular complexity index is 465. The molecule has 0 N–H and O–H groups in total. The highest BCUT2D eigenvalue weighted by Crippen LogP contribution is 2.28. The molecule has 0 aliphatic carbocycles. The van der Waals surface area contributed by atoms with Crippen molar-refractivity contribution >= 4 is 10.5 Å². The number of halogens is 5. The lowest BCUT2D eigenvalue weighted by Gasteiger charge is -2.31. The van der Waals surface area contributed by atoms with Gasteiger partial charge in [-0.05, 0) is 32.1 Å². The van der Waals surface area contributed by atoms with E-state index in [0.717, 1.165) is 12.8 Å². The Hall–Kier alpha value is -0.953. The van der Waals surface area contributed by atoms with Gasteiger partial charge in [0.1, 0.15) is 10.5 Å². The second-order valence-electron chi connectivity index (χ2n) is 5.00. The number of benzene rings is 1. The summed E-state index contributed by atoms with van der Waals surface area (Å²) in [6.07, 6.45) is 2.08. The summed E-state index contributed by atoms with van der Waals surface area (Å²) in [5, 5.41) is 0. The molecule has 1 rings (SSSR count). The smallest absolute Gasteiger partial charge is 0.200 e. The quantitative estimate of drug-likeness (QED) is 0.322. The van der Waals surface area contributed by atoms with Crippen LogP contribution in [0.4, 0.5) is 22.0 Å². The van der Waals surface area contributed by atoms with E-state index in [9.17, 15) is 22.0 Å². The van der Waals surface area contributed by atoms with Gasteiger partial charge in [0, 0.05) is 5.56 Å². The van der Waals surface area contributed by atoms with Crippen LogP contribution in [0.25, 0.3) is 0 Å². The maximum absolute atomic E-state index is 13.5. The molecule has 0 atom stereocenters. The number of hydrogen-bond donors (Lipinski definition) is 0. The molecule has 1 nitrogen and oxygen atoms in total. The van der Waals surface area contributed by atoms with Gasteiger partial charge in [0.25, 0.3) is 0 Å². The van der Waals surface area contributed by atoms with E-state index >= 15 is 0 Å². The van der Waals surface area contributed by atoms with Crippen LogP contribution in [0.2, 0.25) is 0 Å². The fourth-order valence-electron chi connectivity index (χ4n) is 2.45. The third kappa shape index (κ3) is 3.63.